The van der Waals surface area contributed by atoms with Crippen molar-refractivity contribution in [2.45, 2.75) is 52.0 Å². The van der Waals surface area contributed by atoms with E-state index in [1.165, 1.54) is 19.6 Å². The second-order valence-electron chi connectivity index (χ2n) is 14.9. The van der Waals surface area contributed by atoms with E-state index in [4.69, 9.17) is 82.0 Å². The zero-order valence-corrected chi connectivity index (χ0v) is 38.7. The lowest BCUT2D eigenvalue weighted by Gasteiger charge is -2.13. The van der Waals surface area contributed by atoms with Crippen molar-refractivity contribution < 1.29 is 66.5 Å². The van der Waals surface area contributed by atoms with Gasteiger partial charge in [-0.3, -0.25) is 13.9 Å². The zero-order chi connectivity index (χ0) is 49.9. The molecular weight excluding hydrogens is 987 g/mol. The molecule has 0 spiro atoms. The van der Waals surface area contributed by atoms with Crippen LogP contribution in [0.2, 0.25) is 10.3 Å². The molecule has 7 heterocycles. The van der Waals surface area contributed by atoms with Gasteiger partial charge in [0.15, 0.2) is 52.9 Å². The summed E-state index contributed by atoms with van der Waals surface area (Å²) in [5, 5.41) is 0.331. The second-order valence-corrected chi connectivity index (χ2v) is 15.6. The first-order valence-corrected chi connectivity index (χ1v) is 22.1. The molecule has 3 aromatic carbocycles. The Kier molecular flexibility index (Phi) is 17.9. The molecule has 7 aromatic rings. The van der Waals surface area contributed by atoms with Crippen LogP contribution in [0.4, 0.5) is 11.9 Å². The fourth-order valence-corrected chi connectivity index (χ4v) is 7.18. The van der Waals surface area contributed by atoms with E-state index >= 15 is 0 Å². The molecule has 3 aliphatic rings. The van der Waals surface area contributed by atoms with Crippen molar-refractivity contribution in [1.29, 1.82) is 0 Å². The highest BCUT2D eigenvalue weighted by molar-refractivity contribution is 6.34. The quantitative estimate of drug-likeness (QED) is 0.0888. The molecule has 6 atom stereocenters. The maximum atomic E-state index is 12.0. The molecule has 3 saturated heterocycles. The van der Waals surface area contributed by atoms with Crippen LogP contribution in [0, 0.1) is 0 Å². The largest absolute Gasteiger partial charge is 0.457 e. The number of rotatable bonds is 12. The van der Waals surface area contributed by atoms with Crippen LogP contribution in [-0.2, 0) is 52.2 Å². The van der Waals surface area contributed by atoms with E-state index in [9.17, 15) is 19.2 Å². The Morgan fingerprint density at radius 1 is 0.569 bits per heavy atom. The van der Waals surface area contributed by atoms with E-state index in [-0.39, 0.29) is 69.3 Å². The number of fused-ring (bicyclic) bond motifs is 2. The summed E-state index contributed by atoms with van der Waals surface area (Å²) in [4.78, 5) is 70.6. The summed E-state index contributed by atoms with van der Waals surface area (Å²) >= 11 is 12.0. The Morgan fingerprint density at radius 2 is 0.931 bits per heavy atom. The number of aromatic nitrogens is 8. The smallest absolute Gasteiger partial charge is 0.338 e. The van der Waals surface area contributed by atoms with Gasteiger partial charge in [-0.2, -0.15) is 19.9 Å². The molecule has 3 fully saturated rings. The standard InChI is InChI=1S/2C16H14ClN5O4.C13H14O6.CH4/c2*17-13-12-14(21-16(18)20-13)22(8-19-12)10-6-24-11(26-10)7-25-15(23)9-4-2-1-3-5-9;1-9(14)18-12-8-16-11(19-12)7-17-13(15)10-5-3-2-4-6-10;/h2*1-5,8,10-11H,6-7H2,(H2,18,20,21);2-6,11-12H,7-8H2,1H3;1H4/t10-,11+;10-,11-;11-,12?;/m011./s1. The minimum atomic E-state index is -0.738. The minimum Gasteiger partial charge on any atom is -0.457 e. The number of carbonyl (C=O) groups excluding carboxylic acids is 4. The van der Waals surface area contributed by atoms with Gasteiger partial charge >= 0.3 is 23.9 Å². The van der Waals surface area contributed by atoms with E-state index in [2.05, 4.69) is 29.9 Å². The predicted octanol–water partition coefficient (Wildman–Crippen LogP) is 5.32. The molecule has 10 rings (SSSR count). The highest BCUT2D eigenvalue weighted by atomic mass is 35.5. The average Bonchev–Trinajstić information content (AvgIpc) is 4.24. The fourth-order valence-electron chi connectivity index (χ4n) is 6.74. The number of hydrogen-bond donors (Lipinski definition) is 2. The first-order valence-electron chi connectivity index (χ1n) is 21.3. The third-order valence-corrected chi connectivity index (χ3v) is 10.5. The number of nitrogen functional groups attached to an aromatic ring is 2. The maximum Gasteiger partial charge on any atom is 0.338 e. The van der Waals surface area contributed by atoms with Gasteiger partial charge in [0.05, 0.1) is 42.6 Å². The van der Waals surface area contributed by atoms with Crippen LogP contribution in [-0.4, -0.2) is 128 Å². The van der Waals surface area contributed by atoms with Crippen molar-refractivity contribution in [3.63, 3.8) is 0 Å². The van der Waals surface area contributed by atoms with Gasteiger partial charge in [0.1, 0.15) is 37.5 Å². The molecule has 4 N–H and O–H groups in total. The molecule has 378 valence electrons. The van der Waals surface area contributed by atoms with Crippen LogP contribution in [0.3, 0.4) is 0 Å². The van der Waals surface area contributed by atoms with Crippen molar-refractivity contribution in [3.05, 3.63) is 131 Å². The van der Waals surface area contributed by atoms with Crippen LogP contribution in [0.5, 0.6) is 0 Å². The van der Waals surface area contributed by atoms with Crippen molar-refractivity contribution in [3.8, 4) is 0 Å². The van der Waals surface area contributed by atoms with Gasteiger partial charge in [-0.05, 0) is 36.4 Å². The van der Waals surface area contributed by atoms with Gasteiger partial charge in [-0.1, -0.05) is 85.2 Å². The Bertz CT molecular complexity index is 2800. The summed E-state index contributed by atoms with van der Waals surface area (Å²) in [7, 11) is 0. The van der Waals surface area contributed by atoms with Crippen LogP contribution in [0.25, 0.3) is 22.3 Å². The van der Waals surface area contributed by atoms with E-state index < -0.39 is 61.5 Å². The summed E-state index contributed by atoms with van der Waals surface area (Å²) in [5.74, 6) is -1.71. The number of anilines is 2. The molecule has 1 unspecified atom stereocenters. The topological polar surface area (TPSA) is 300 Å². The number of benzene rings is 3. The summed E-state index contributed by atoms with van der Waals surface area (Å²) in [6, 6.07) is 26.0. The summed E-state index contributed by atoms with van der Waals surface area (Å²) in [6.07, 6.45) is -0.778. The van der Waals surface area contributed by atoms with Crippen molar-refractivity contribution in [2.75, 3.05) is 51.1 Å². The molecule has 4 aromatic heterocycles. The number of ether oxygens (including phenoxy) is 10. The number of hydrogen-bond acceptors (Lipinski definition) is 22. The van der Waals surface area contributed by atoms with E-state index in [0.717, 1.165) is 0 Å². The van der Waals surface area contributed by atoms with Gasteiger partial charge in [0.2, 0.25) is 18.2 Å². The second kappa shape index (κ2) is 24.6. The summed E-state index contributed by atoms with van der Waals surface area (Å²) in [6.45, 7) is 1.77. The highest BCUT2D eigenvalue weighted by Crippen LogP contribution is 2.29. The van der Waals surface area contributed by atoms with Crippen molar-refractivity contribution in [2.24, 2.45) is 0 Å². The van der Waals surface area contributed by atoms with Gasteiger partial charge < -0.3 is 58.8 Å². The molecule has 26 heteroatoms. The number of imidazole rings is 2. The molecule has 0 bridgehead atoms. The molecule has 0 aliphatic carbocycles. The molecule has 0 amide bonds. The number of carbonyl (C=O) groups is 4. The first-order chi connectivity index (χ1) is 34.4. The summed E-state index contributed by atoms with van der Waals surface area (Å²) < 4.78 is 56.6. The Morgan fingerprint density at radius 3 is 1.31 bits per heavy atom. The number of nitrogens with two attached hydrogens (primary N) is 2. The lowest BCUT2D eigenvalue weighted by atomic mass is 10.2. The van der Waals surface area contributed by atoms with E-state index in [0.29, 0.717) is 39.0 Å². The van der Waals surface area contributed by atoms with Crippen LogP contribution < -0.4 is 11.5 Å². The summed E-state index contributed by atoms with van der Waals surface area (Å²) in [5.41, 5.74) is 14.4. The Balaban J connectivity index is 0.000000160. The molecule has 24 nitrogen and oxygen atoms in total. The molecule has 72 heavy (non-hydrogen) atoms. The Hall–Kier alpha value is -7.42. The maximum absolute atomic E-state index is 12.0. The third kappa shape index (κ3) is 13.5. The van der Waals surface area contributed by atoms with Crippen LogP contribution in [0.1, 0.15) is 57.9 Å². The van der Waals surface area contributed by atoms with Gasteiger partial charge in [0, 0.05) is 6.92 Å². The minimum absolute atomic E-state index is 0. The highest BCUT2D eigenvalue weighted by Gasteiger charge is 2.33. The number of nitrogens with zero attached hydrogens (tertiary/aromatic N) is 8. The third-order valence-electron chi connectivity index (χ3n) is 9.98. The fraction of sp³-hybridized carbons (Fsp3) is 0.304. The molecule has 3 aliphatic heterocycles. The zero-order valence-electron chi connectivity index (χ0n) is 37.2. The lowest BCUT2D eigenvalue weighted by Crippen LogP contribution is -2.22. The SMILES string of the molecule is C.CC(=O)OC1CO[C@@H](COC(=O)c2ccccc2)O1.Nc1nc(Cl)c2ncn([C@@H]3CO[C@@H](COC(=O)c4ccccc4)O3)c2n1.Nc1nc(Cl)c2ncn([C@H]3CO[C@@H](COC(=O)c4ccccc4)O3)c2n1. The predicted molar refractivity (Wildman–Crippen MR) is 252 cm³/mol. The van der Waals surface area contributed by atoms with Crippen LogP contribution >= 0.6 is 23.2 Å². The average molecular weight is 1030 g/mol. The Labute approximate surface area is 419 Å². The number of halogens is 2. The first kappa shape index (κ1) is 52.4. The molecule has 0 saturated carbocycles. The van der Waals surface area contributed by atoms with E-state index in [1.807, 2.05) is 18.2 Å². The lowest BCUT2D eigenvalue weighted by molar-refractivity contribution is -0.177. The monoisotopic (exact) mass is 1030 g/mol. The van der Waals surface area contributed by atoms with Gasteiger partial charge in [-0.15, -0.1) is 0 Å². The molecular formula is C46H46Cl2N10O14. The molecule has 0 radical (unpaired) electrons. The van der Waals surface area contributed by atoms with Gasteiger partial charge in [-0.25, -0.2) is 24.4 Å². The van der Waals surface area contributed by atoms with Crippen LogP contribution in [0.15, 0.2) is 104 Å². The van der Waals surface area contributed by atoms with Crippen molar-refractivity contribution in [1.82, 2.24) is 39.0 Å². The van der Waals surface area contributed by atoms with E-state index in [1.54, 1.807) is 81.9 Å². The van der Waals surface area contributed by atoms with Crippen molar-refractivity contribution >= 4 is 81.3 Å². The normalized spacial score (nSPS) is 20.0. The number of esters is 4. The van der Waals surface area contributed by atoms with Gasteiger partial charge in [0.25, 0.3) is 0 Å².